The van der Waals surface area contributed by atoms with Crippen LogP contribution in [0.4, 0.5) is 5.69 Å². The Morgan fingerprint density at radius 2 is 1.80 bits per heavy atom. The maximum atomic E-state index is 14.6. The lowest BCUT2D eigenvalue weighted by Crippen LogP contribution is -2.59. The van der Waals surface area contributed by atoms with Gasteiger partial charge < -0.3 is 24.5 Å². The first-order valence-electron chi connectivity index (χ1n) is 15.2. The summed E-state index contributed by atoms with van der Waals surface area (Å²) in [5.41, 5.74) is -1.27. The molecular formula is C33H47N3O5. The lowest BCUT2D eigenvalue weighted by Gasteiger charge is -2.40. The number of carbonyl (C=O) groups excluding carboxylic acids is 3. The third kappa shape index (κ3) is 5.03. The number of carbonyl (C=O) groups is 3. The van der Waals surface area contributed by atoms with Crippen LogP contribution in [-0.4, -0.2) is 82.2 Å². The largest absolute Gasteiger partial charge is 0.394 e. The second-order valence-corrected chi connectivity index (χ2v) is 12.1. The number of aliphatic hydroxyl groups is 1. The highest BCUT2D eigenvalue weighted by Crippen LogP contribution is 2.65. The molecule has 224 valence electrons. The Kier molecular flexibility index (Phi) is 9.44. The van der Waals surface area contributed by atoms with E-state index in [9.17, 15) is 19.5 Å². The van der Waals surface area contributed by atoms with E-state index in [-0.39, 0.29) is 36.8 Å². The summed E-state index contributed by atoms with van der Waals surface area (Å²) in [5, 5.41) is 10.5. The fourth-order valence-corrected chi connectivity index (χ4v) is 7.48. The van der Waals surface area contributed by atoms with Crippen molar-refractivity contribution in [3.05, 3.63) is 55.6 Å². The van der Waals surface area contributed by atoms with E-state index in [2.05, 4.69) is 20.1 Å². The molecule has 2 unspecified atom stereocenters. The highest BCUT2D eigenvalue weighted by molar-refractivity contribution is 6.03. The van der Waals surface area contributed by atoms with E-state index in [0.29, 0.717) is 32.4 Å². The molecule has 2 bridgehead atoms. The van der Waals surface area contributed by atoms with Crippen LogP contribution >= 0.6 is 0 Å². The highest BCUT2D eigenvalue weighted by Gasteiger charge is 2.79. The number of likely N-dealkylation sites (tertiary alicyclic amines) is 1. The van der Waals surface area contributed by atoms with Crippen LogP contribution in [0.15, 0.2) is 55.6 Å². The summed E-state index contributed by atoms with van der Waals surface area (Å²) in [7, 11) is 0. The summed E-state index contributed by atoms with van der Waals surface area (Å²) in [6.07, 6.45) is 6.76. The van der Waals surface area contributed by atoms with Crippen molar-refractivity contribution in [2.75, 3.05) is 31.1 Å². The molecule has 3 saturated heterocycles. The van der Waals surface area contributed by atoms with Gasteiger partial charge in [-0.2, -0.15) is 0 Å². The van der Waals surface area contributed by atoms with Gasteiger partial charge in [0.15, 0.2) is 0 Å². The molecule has 3 aliphatic heterocycles. The second-order valence-electron chi connectivity index (χ2n) is 12.1. The number of para-hydroxylation sites is 1. The summed E-state index contributed by atoms with van der Waals surface area (Å²) >= 11 is 0. The van der Waals surface area contributed by atoms with E-state index >= 15 is 0 Å². The van der Waals surface area contributed by atoms with Crippen molar-refractivity contribution in [2.45, 2.75) is 83.1 Å². The van der Waals surface area contributed by atoms with Gasteiger partial charge in [0.1, 0.15) is 11.6 Å². The van der Waals surface area contributed by atoms with Gasteiger partial charge in [0.25, 0.3) is 0 Å². The minimum absolute atomic E-state index is 0.106. The number of benzene rings is 1. The SMILES string of the molecule is C=CCN(CCCC)C(=O)C1N([C@@H](CO)C(C)C)C(=O)[C@@H]2[C@H](C(=O)N(CC=C)c3ccccc3)[C@]3(CC)CCC12O3. The summed E-state index contributed by atoms with van der Waals surface area (Å²) in [6, 6.07) is 7.90. The topological polar surface area (TPSA) is 90.4 Å². The Morgan fingerprint density at radius 3 is 2.37 bits per heavy atom. The molecule has 0 aromatic heterocycles. The quantitative estimate of drug-likeness (QED) is 0.342. The van der Waals surface area contributed by atoms with Gasteiger partial charge in [-0.25, -0.2) is 0 Å². The number of aliphatic hydroxyl groups excluding tert-OH is 1. The predicted molar refractivity (Wildman–Crippen MR) is 160 cm³/mol. The first kappa shape index (κ1) is 31.0. The van der Waals surface area contributed by atoms with Crippen LogP contribution in [0.5, 0.6) is 0 Å². The van der Waals surface area contributed by atoms with Crippen molar-refractivity contribution in [2.24, 2.45) is 17.8 Å². The van der Waals surface area contributed by atoms with E-state index in [1.807, 2.05) is 51.1 Å². The standard InChI is InChI=1S/C33H47N3O5/c1-7-11-21-34(19-8-2)31(40)28-33-18-17-32(10-4,41-33)26(27(33)30(39)36(28)25(22-37)23(5)6)29(38)35(20-9-3)24-15-13-12-14-16-24/h8-9,12-16,23,25-28,37H,2-3,7,10-11,17-22H2,1,4-6H3/t25-,26+,27-,28?,32-,33?/m0/s1. The molecule has 1 aromatic rings. The molecule has 1 N–H and O–H groups in total. The van der Waals surface area contributed by atoms with E-state index < -0.39 is 35.1 Å². The van der Waals surface area contributed by atoms with Crippen molar-refractivity contribution in [3.8, 4) is 0 Å². The van der Waals surface area contributed by atoms with Crippen molar-refractivity contribution in [1.29, 1.82) is 0 Å². The maximum Gasteiger partial charge on any atom is 0.248 e. The van der Waals surface area contributed by atoms with E-state index in [1.54, 1.807) is 26.9 Å². The smallest absolute Gasteiger partial charge is 0.248 e. The molecule has 3 amide bonds. The zero-order valence-corrected chi connectivity index (χ0v) is 25.1. The van der Waals surface area contributed by atoms with Crippen molar-refractivity contribution >= 4 is 23.4 Å². The Morgan fingerprint density at radius 1 is 1.12 bits per heavy atom. The molecule has 3 heterocycles. The van der Waals surface area contributed by atoms with Gasteiger partial charge in [-0.05, 0) is 43.7 Å². The molecule has 6 atom stereocenters. The van der Waals surface area contributed by atoms with Crippen LogP contribution in [0, 0.1) is 17.8 Å². The second kappa shape index (κ2) is 12.5. The van der Waals surface area contributed by atoms with Crippen LogP contribution in [0.25, 0.3) is 0 Å². The van der Waals surface area contributed by atoms with Gasteiger partial charge in [-0.3, -0.25) is 14.4 Å². The van der Waals surface area contributed by atoms with Gasteiger partial charge in [0.2, 0.25) is 17.7 Å². The number of ether oxygens (including phenoxy) is 1. The zero-order valence-electron chi connectivity index (χ0n) is 25.1. The first-order valence-corrected chi connectivity index (χ1v) is 15.2. The Hall–Kier alpha value is -2.97. The van der Waals surface area contributed by atoms with Crippen molar-refractivity contribution in [1.82, 2.24) is 9.80 Å². The van der Waals surface area contributed by atoms with Crippen LogP contribution < -0.4 is 4.90 Å². The van der Waals surface area contributed by atoms with Crippen LogP contribution in [0.3, 0.4) is 0 Å². The Labute approximate surface area is 245 Å². The van der Waals surface area contributed by atoms with Gasteiger partial charge in [-0.15, -0.1) is 13.2 Å². The van der Waals surface area contributed by atoms with Crippen LogP contribution in [0.2, 0.25) is 0 Å². The van der Waals surface area contributed by atoms with E-state index in [0.717, 1.165) is 18.5 Å². The molecule has 3 fully saturated rings. The average Bonchev–Trinajstić information content (AvgIpc) is 3.58. The molecule has 0 saturated carbocycles. The fraction of sp³-hybridized carbons (Fsp3) is 0.606. The summed E-state index contributed by atoms with van der Waals surface area (Å²) in [5.74, 6) is -2.34. The molecule has 4 rings (SSSR count). The molecular weight excluding hydrogens is 518 g/mol. The van der Waals surface area contributed by atoms with Crippen molar-refractivity contribution < 1.29 is 24.2 Å². The molecule has 1 spiro atoms. The van der Waals surface area contributed by atoms with E-state index in [1.165, 1.54) is 0 Å². The van der Waals surface area contributed by atoms with Crippen molar-refractivity contribution in [3.63, 3.8) is 0 Å². The highest BCUT2D eigenvalue weighted by atomic mass is 16.5. The Bertz CT molecular complexity index is 1140. The normalized spacial score (nSPS) is 29.0. The van der Waals surface area contributed by atoms with Gasteiger partial charge in [-0.1, -0.05) is 64.5 Å². The number of unbranched alkanes of at least 4 members (excludes halogenated alkanes) is 1. The molecule has 8 heteroatoms. The fourth-order valence-electron chi connectivity index (χ4n) is 7.48. The minimum atomic E-state index is -1.14. The average molecular weight is 566 g/mol. The number of hydrogen-bond acceptors (Lipinski definition) is 5. The van der Waals surface area contributed by atoms with Gasteiger partial charge >= 0.3 is 0 Å². The maximum absolute atomic E-state index is 14.6. The number of amides is 3. The first-order chi connectivity index (χ1) is 19.7. The number of rotatable bonds is 14. The monoisotopic (exact) mass is 565 g/mol. The molecule has 1 aromatic carbocycles. The number of nitrogens with zero attached hydrogens (tertiary/aromatic N) is 3. The molecule has 0 aliphatic carbocycles. The molecule has 0 radical (unpaired) electrons. The Balaban J connectivity index is 1.86. The number of fused-ring (bicyclic) bond motifs is 1. The summed E-state index contributed by atoms with van der Waals surface area (Å²) in [4.78, 5) is 48.7. The van der Waals surface area contributed by atoms with Crippen LogP contribution in [0.1, 0.15) is 59.8 Å². The lowest BCUT2D eigenvalue weighted by atomic mass is 9.64. The van der Waals surface area contributed by atoms with Crippen LogP contribution in [-0.2, 0) is 19.1 Å². The van der Waals surface area contributed by atoms with Gasteiger partial charge in [0, 0.05) is 25.3 Å². The zero-order chi connectivity index (χ0) is 29.9. The third-order valence-corrected chi connectivity index (χ3v) is 9.52. The van der Waals surface area contributed by atoms with Gasteiger partial charge in [0.05, 0.1) is 30.1 Å². The lowest BCUT2D eigenvalue weighted by molar-refractivity contribution is -0.157. The molecule has 3 aliphatic rings. The number of anilines is 1. The third-order valence-electron chi connectivity index (χ3n) is 9.52. The summed E-state index contributed by atoms with van der Waals surface area (Å²) < 4.78 is 6.97. The minimum Gasteiger partial charge on any atom is -0.394 e. The van der Waals surface area contributed by atoms with E-state index in [4.69, 9.17) is 4.74 Å². The predicted octanol–water partition coefficient (Wildman–Crippen LogP) is 4.19. The summed E-state index contributed by atoms with van der Waals surface area (Å²) in [6.45, 7) is 16.6. The molecule has 8 nitrogen and oxygen atoms in total. The molecule has 41 heavy (non-hydrogen) atoms. The number of hydrogen-bond donors (Lipinski definition) is 1.